The Hall–Kier alpha value is -1.86. The van der Waals surface area contributed by atoms with Gasteiger partial charge in [0.2, 0.25) is 0 Å². The van der Waals surface area contributed by atoms with Gasteiger partial charge in [0.1, 0.15) is 11.6 Å². The third-order valence-corrected chi connectivity index (χ3v) is 3.42. The maximum Gasteiger partial charge on any atom is 0.269 e. The van der Waals surface area contributed by atoms with E-state index in [-0.39, 0.29) is 17.2 Å². The summed E-state index contributed by atoms with van der Waals surface area (Å²) in [6.45, 7) is 3.87. The van der Waals surface area contributed by atoms with Gasteiger partial charge in [-0.15, -0.1) is 0 Å². The summed E-state index contributed by atoms with van der Waals surface area (Å²) in [7, 11) is 0. The molecule has 0 aliphatic carbocycles. The van der Waals surface area contributed by atoms with E-state index in [9.17, 15) is 4.79 Å². The van der Waals surface area contributed by atoms with E-state index >= 15 is 0 Å². The standard InChI is InChI=1S/C15H13BrN2O/c1-10(2)18-14(8-5-12(9-17)15(18)19)11-3-6-13(16)7-4-11/h3-8,10H,1-2H3. The summed E-state index contributed by atoms with van der Waals surface area (Å²) >= 11 is 3.39. The molecule has 0 saturated carbocycles. The van der Waals surface area contributed by atoms with Crippen LogP contribution in [0.4, 0.5) is 0 Å². The Morgan fingerprint density at radius 1 is 1.16 bits per heavy atom. The molecule has 0 N–H and O–H groups in total. The minimum atomic E-state index is -0.238. The molecule has 1 aromatic carbocycles. The van der Waals surface area contributed by atoms with Gasteiger partial charge in [-0.25, -0.2) is 0 Å². The van der Waals surface area contributed by atoms with Gasteiger partial charge in [-0.2, -0.15) is 5.26 Å². The minimum Gasteiger partial charge on any atom is -0.305 e. The van der Waals surface area contributed by atoms with Crippen molar-refractivity contribution in [3.8, 4) is 17.3 Å². The fourth-order valence-electron chi connectivity index (χ4n) is 2.01. The van der Waals surface area contributed by atoms with Crippen LogP contribution in [0.1, 0.15) is 25.5 Å². The van der Waals surface area contributed by atoms with E-state index in [1.165, 1.54) is 0 Å². The van der Waals surface area contributed by atoms with Crippen molar-refractivity contribution in [2.24, 2.45) is 0 Å². The summed E-state index contributed by atoms with van der Waals surface area (Å²) in [5, 5.41) is 8.95. The van der Waals surface area contributed by atoms with Gasteiger partial charge in [0.05, 0.1) is 5.69 Å². The predicted octanol–water partition coefficient (Wildman–Crippen LogP) is 3.73. The molecule has 0 atom stereocenters. The van der Waals surface area contributed by atoms with Crippen molar-refractivity contribution in [1.82, 2.24) is 4.57 Å². The average molecular weight is 317 g/mol. The van der Waals surface area contributed by atoms with Crippen LogP contribution in [0.15, 0.2) is 45.7 Å². The van der Waals surface area contributed by atoms with Crippen LogP contribution in [0, 0.1) is 11.3 Å². The van der Waals surface area contributed by atoms with Gasteiger partial charge < -0.3 is 4.57 Å². The quantitative estimate of drug-likeness (QED) is 0.847. The molecule has 0 fully saturated rings. The lowest BCUT2D eigenvalue weighted by Gasteiger charge is -2.16. The van der Waals surface area contributed by atoms with Crippen LogP contribution in [-0.2, 0) is 0 Å². The average Bonchev–Trinajstić information content (AvgIpc) is 2.38. The van der Waals surface area contributed by atoms with Crippen molar-refractivity contribution in [1.29, 1.82) is 5.26 Å². The Balaban J connectivity index is 2.71. The van der Waals surface area contributed by atoms with Crippen LogP contribution in [0.25, 0.3) is 11.3 Å². The molecular formula is C15H13BrN2O. The second-order valence-electron chi connectivity index (χ2n) is 4.52. The van der Waals surface area contributed by atoms with Gasteiger partial charge in [0.25, 0.3) is 5.56 Å². The normalized spacial score (nSPS) is 10.5. The fraction of sp³-hybridized carbons (Fsp3) is 0.200. The number of benzene rings is 1. The van der Waals surface area contributed by atoms with Crippen LogP contribution >= 0.6 is 15.9 Å². The SMILES string of the molecule is CC(C)n1c(-c2ccc(Br)cc2)ccc(C#N)c1=O. The third kappa shape index (κ3) is 2.61. The van der Waals surface area contributed by atoms with Crippen molar-refractivity contribution in [2.75, 3.05) is 0 Å². The topological polar surface area (TPSA) is 45.8 Å². The Kier molecular flexibility index (Phi) is 3.87. The van der Waals surface area contributed by atoms with Gasteiger partial charge in [0.15, 0.2) is 0 Å². The second-order valence-corrected chi connectivity index (χ2v) is 5.44. The van der Waals surface area contributed by atoms with E-state index in [1.54, 1.807) is 10.6 Å². The molecule has 0 unspecified atom stereocenters. The van der Waals surface area contributed by atoms with Crippen LogP contribution in [0.2, 0.25) is 0 Å². The number of halogens is 1. The first-order valence-corrected chi connectivity index (χ1v) is 6.75. The number of hydrogen-bond donors (Lipinski definition) is 0. The molecule has 0 amide bonds. The van der Waals surface area contributed by atoms with Crippen molar-refractivity contribution >= 4 is 15.9 Å². The van der Waals surface area contributed by atoms with E-state index in [4.69, 9.17) is 5.26 Å². The van der Waals surface area contributed by atoms with Crippen molar-refractivity contribution in [3.05, 3.63) is 56.8 Å². The van der Waals surface area contributed by atoms with Crippen molar-refractivity contribution < 1.29 is 0 Å². The van der Waals surface area contributed by atoms with E-state index in [1.807, 2.05) is 50.2 Å². The molecule has 0 spiro atoms. The predicted molar refractivity (Wildman–Crippen MR) is 78.9 cm³/mol. The maximum absolute atomic E-state index is 12.2. The Morgan fingerprint density at radius 3 is 2.32 bits per heavy atom. The third-order valence-electron chi connectivity index (χ3n) is 2.89. The van der Waals surface area contributed by atoms with Crippen LogP contribution in [0.3, 0.4) is 0 Å². The van der Waals surface area contributed by atoms with Crippen LogP contribution in [-0.4, -0.2) is 4.57 Å². The zero-order chi connectivity index (χ0) is 14.0. The number of aromatic nitrogens is 1. The molecule has 1 aromatic heterocycles. The lowest BCUT2D eigenvalue weighted by atomic mass is 10.1. The largest absolute Gasteiger partial charge is 0.305 e. The number of nitrogens with zero attached hydrogens (tertiary/aromatic N) is 2. The lowest BCUT2D eigenvalue weighted by Crippen LogP contribution is -2.25. The summed E-state index contributed by atoms with van der Waals surface area (Å²) in [5.41, 5.74) is 1.72. The number of nitriles is 1. The number of pyridine rings is 1. The van der Waals surface area contributed by atoms with Gasteiger partial charge >= 0.3 is 0 Å². The first-order chi connectivity index (χ1) is 9.04. The summed E-state index contributed by atoms with van der Waals surface area (Å²) in [6, 6.07) is 13.1. The fourth-order valence-corrected chi connectivity index (χ4v) is 2.27. The van der Waals surface area contributed by atoms with E-state index in [0.29, 0.717) is 0 Å². The molecule has 0 radical (unpaired) electrons. The van der Waals surface area contributed by atoms with Gasteiger partial charge in [0, 0.05) is 10.5 Å². The van der Waals surface area contributed by atoms with Crippen LogP contribution in [0.5, 0.6) is 0 Å². The molecule has 0 aliphatic heterocycles. The monoisotopic (exact) mass is 316 g/mol. The first kappa shape index (κ1) is 13.6. The zero-order valence-corrected chi connectivity index (χ0v) is 12.3. The van der Waals surface area contributed by atoms with Crippen LogP contribution < -0.4 is 5.56 Å². The van der Waals surface area contributed by atoms with Gasteiger partial charge in [-0.05, 0) is 43.7 Å². The van der Waals surface area contributed by atoms with Gasteiger partial charge in [-0.1, -0.05) is 28.1 Å². The highest BCUT2D eigenvalue weighted by Gasteiger charge is 2.12. The summed E-state index contributed by atoms with van der Waals surface area (Å²) in [4.78, 5) is 12.2. The summed E-state index contributed by atoms with van der Waals surface area (Å²) in [5.74, 6) is 0. The Labute approximate surface area is 120 Å². The zero-order valence-electron chi connectivity index (χ0n) is 10.7. The number of rotatable bonds is 2. The summed E-state index contributed by atoms with van der Waals surface area (Å²) < 4.78 is 2.64. The minimum absolute atomic E-state index is 0.000512. The first-order valence-electron chi connectivity index (χ1n) is 5.96. The van der Waals surface area contributed by atoms with E-state index in [2.05, 4.69) is 15.9 Å². The molecule has 2 rings (SSSR count). The Bertz CT molecular complexity index is 694. The molecule has 0 bridgehead atoms. The summed E-state index contributed by atoms with van der Waals surface area (Å²) in [6.07, 6.45) is 0. The molecule has 1 heterocycles. The molecule has 96 valence electrons. The van der Waals surface area contributed by atoms with Crippen molar-refractivity contribution in [3.63, 3.8) is 0 Å². The molecule has 2 aromatic rings. The maximum atomic E-state index is 12.2. The highest BCUT2D eigenvalue weighted by molar-refractivity contribution is 9.10. The molecule has 19 heavy (non-hydrogen) atoms. The lowest BCUT2D eigenvalue weighted by molar-refractivity contribution is 0.584. The molecule has 3 nitrogen and oxygen atoms in total. The van der Waals surface area contributed by atoms with Crippen molar-refractivity contribution in [2.45, 2.75) is 19.9 Å². The smallest absolute Gasteiger partial charge is 0.269 e. The highest BCUT2D eigenvalue weighted by atomic mass is 79.9. The number of hydrogen-bond acceptors (Lipinski definition) is 2. The molecular weight excluding hydrogens is 304 g/mol. The molecule has 4 heteroatoms. The van der Waals surface area contributed by atoms with Gasteiger partial charge in [-0.3, -0.25) is 4.79 Å². The van der Waals surface area contributed by atoms with E-state index < -0.39 is 0 Å². The molecule has 0 aliphatic rings. The second kappa shape index (κ2) is 5.41. The van der Waals surface area contributed by atoms with E-state index in [0.717, 1.165) is 15.7 Å². The molecule has 0 saturated heterocycles. The Morgan fingerprint density at radius 2 is 1.79 bits per heavy atom. The highest BCUT2D eigenvalue weighted by Crippen LogP contribution is 2.23.